The Morgan fingerprint density at radius 1 is 1.28 bits per heavy atom. The molecular formula is C17H24F3N3O2. The maximum atomic E-state index is 12.5. The van der Waals surface area contributed by atoms with E-state index in [0.717, 1.165) is 6.42 Å². The molecule has 1 aromatic carbocycles. The van der Waals surface area contributed by atoms with E-state index in [2.05, 4.69) is 20.4 Å². The van der Waals surface area contributed by atoms with Gasteiger partial charge in [0.2, 0.25) is 0 Å². The minimum Gasteiger partial charge on any atom is -0.405 e. The number of halogens is 3. The summed E-state index contributed by atoms with van der Waals surface area (Å²) in [5.41, 5.74) is 0.558. The molecule has 0 heterocycles. The number of nitrogens with one attached hydrogen (secondary N) is 2. The molecule has 1 aromatic rings. The number of hydrogen-bond donors (Lipinski definition) is 2. The van der Waals surface area contributed by atoms with Crippen LogP contribution in [-0.2, 0) is 4.74 Å². The highest BCUT2D eigenvalue weighted by Crippen LogP contribution is 2.45. The molecule has 0 radical (unpaired) electrons. The van der Waals surface area contributed by atoms with E-state index in [1.54, 1.807) is 12.1 Å². The van der Waals surface area contributed by atoms with Crippen molar-refractivity contribution in [2.45, 2.75) is 38.6 Å². The molecule has 0 spiro atoms. The summed E-state index contributed by atoms with van der Waals surface area (Å²) < 4.78 is 47.0. The van der Waals surface area contributed by atoms with Gasteiger partial charge in [-0.15, -0.1) is 13.2 Å². The first-order valence-electron chi connectivity index (χ1n) is 8.41. The molecule has 0 aromatic heterocycles. The molecule has 1 fully saturated rings. The van der Waals surface area contributed by atoms with Crippen molar-refractivity contribution in [3.05, 3.63) is 29.8 Å². The smallest absolute Gasteiger partial charge is 0.405 e. The van der Waals surface area contributed by atoms with Crippen LogP contribution < -0.4 is 15.4 Å². The minimum atomic E-state index is -4.69. The summed E-state index contributed by atoms with van der Waals surface area (Å²) in [6.07, 6.45) is -3.96. The Morgan fingerprint density at radius 2 is 2.04 bits per heavy atom. The molecule has 0 saturated heterocycles. The first-order chi connectivity index (χ1) is 11.9. The number of ether oxygens (including phenoxy) is 2. The average molecular weight is 359 g/mol. The quantitative estimate of drug-likeness (QED) is 0.426. The molecular weight excluding hydrogens is 335 g/mol. The zero-order valence-corrected chi connectivity index (χ0v) is 14.4. The van der Waals surface area contributed by atoms with Crippen molar-refractivity contribution in [1.82, 2.24) is 10.6 Å². The minimum absolute atomic E-state index is 0.0304. The van der Waals surface area contributed by atoms with Crippen LogP contribution in [0.2, 0.25) is 0 Å². The number of rotatable bonds is 8. The van der Waals surface area contributed by atoms with Crippen molar-refractivity contribution in [1.29, 1.82) is 0 Å². The van der Waals surface area contributed by atoms with E-state index in [1.165, 1.54) is 12.1 Å². The summed E-state index contributed by atoms with van der Waals surface area (Å²) in [5, 5.41) is 6.38. The van der Waals surface area contributed by atoms with Crippen LogP contribution in [0.15, 0.2) is 29.3 Å². The van der Waals surface area contributed by atoms with Crippen molar-refractivity contribution in [3.8, 4) is 5.75 Å². The van der Waals surface area contributed by atoms with E-state index in [9.17, 15) is 13.2 Å². The summed E-state index contributed by atoms with van der Waals surface area (Å²) in [7, 11) is 0. The summed E-state index contributed by atoms with van der Waals surface area (Å²) >= 11 is 0. The van der Waals surface area contributed by atoms with Gasteiger partial charge in [-0.05, 0) is 31.9 Å². The van der Waals surface area contributed by atoms with Crippen LogP contribution >= 0.6 is 0 Å². The molecule has 1 saturated carbocycles. The predicted octanol–water partition coefficient (Wildman–Crippen LogP) is 3.03. The Bertz CT molecular complexity index is 579. The molecule has 2 rings (SSSR count). The number of hydrogen-bond acceptors (Lipinski definition) is 3. The first kappa shape index (κ1) is 19.4. The molecule has 25 heavy (non-hydrogen) atoms. The molecule has 140 valence electrons. The fourth-order valence-corrected chi connectivity index (χ4v) is 2.56. The van der Waals surface area contributed by atoms with Gasteiger partial charge in [0.15, 0.2) is 5.96 Å². The highest BCUT2D eigenvalue weighted by Gasteiger charge is 2.42. The van der Waals surface area contributed by atoms with Gasteiger partial charge in [-0.2, -0.15) is 0 Å². The third kappa shape index (κ3) is 6.45. The molecule has 2 unspecified atom stereocenters. The highest BCUT2D eigenvalue weighted by atomic mass is 19.4. The third-order valence-corrected chi connectivity index (χ3v) is 3.71. The van der Waals surface area contributed by atoms with E-state index < -0.39 is 6.36 Å². The molecule has 0 aliphatic heterocycles. The number of aliphatic imine (C=N–C) groups is 1. The lowest BCUT2D eigenvalue weighted by atomic mass is 10.1. The zero-order chi connectivity index (χ0) is 18.3. The maximum absolute atomic E-state index is 12.5. The Hall–Kier alpha value is -1.96. The summed E-state index contributed by atoms with van der Waals surface area (Å²) in [5.74, 6) is 0.473. The number of guanidine groups is 1. The summed E-state index contributed by atoms with van der Waals surface area (Å²) in [6.45, 7) is 6.27. The van der Waals surface area contributed by atoms with Gasteiger partial charge in [0.1, 0.15) is 5.75 Å². The first-order valence-corrected chi connectivity index (χ1v) is 8.41. The van der Waals surface area contributed by atoms with Crippen molar-refractivity contribution >= 4 is 5.96 Å². The third-order valence-electron chi connectivity index (χ3n) is 3.71. The second-order valence-electron chi connectivity index (χ2n) is 5.64. The van der Waals surface area contributed by atoms with Crippen LogP contribution in [0, 0.1) is 0 Å². The standard InChI is InChI=1S/C17H24F3N3O2/c1-3-21-16(22-9-10-24-4-2)23-14-11-13(14)12-7-5-6-8-15(12)25-17(18,19)20/h5-8,13-14H,3-4,9-11H2,1-2H3,(H2,21,22,23). The van der Waals surface area contributed by atoms with E-state index in [0.29, 0.717) is 37.8 Å². The second-order valence-corrected chi connectivity index (χ2v) is 5.64. The van der Waals surface area contributed by atoms with E-state index >= 15 is 0 Å². The van der Waals surface area contributed by atoms with Gasteiger partial charge in [0.05, 0.1) is 13.2 Å². The van der Waals surface area contributed by atoms with Crippen LogP contribution in [-0.4, -0.2) is 44.7 Å². The van der Waals surface area contributed by atoms with E-state index in [4.69, 9.17) is 4.74 Å². The van der Waals surface area contributed by atoms with E-state index in [1.807, 2.05) is 13.8 Å². The molecule has 1 aliphatic rings. The average Bonchev–Trinajstić information content (AvgIpc) is 3.29. The number of nitrogens with zero attached hydrogens (tertiary/aromatic N) is 1. The molecule has 2 N–H and O–H groups in total. The van der Waals surface area contributed by atoms with Gasteiger partial charge < -0.3 is 20.1 Å². The molecule has 8 heteroatoms. The largest absolute Gasteiger partial charge is 0.573 e. The monoisotopic (exact) mass is 359 g/mol. The van der Waals surface area contributed by atoms with Gasteiger partial charge in [-0.3, -0.25) is 4.99 Å². The van der Waals surface area contributed by atoms with Crippen LogP contribution in [0.4, 0.5) is 13.2 Å². The molecule has 0 bridgehead atoms. The number of para-hydroxylation sites is 1. The fourth-order valence-electron chi connectivity index (χ4n) is 2.56. The summed E-state index contributed by atoms with van der Waals surface area (Å²) in [6, 6.07) is 6.30. The van der Waals surface area contributed by atoms with Crippen LogP contribution in [0.3, 0.4) is 0 Å². The Morgan fingerprint density at radius 3 is 2.72 bits per heavy atom. The van der Waals surface area contributed by atoms with Crippen LogP contribution in [0.25, 0.3) is 0 Å². The van der Waals surface area contributed by atoms with Crippen LogP contribution in [0.1, 0.15) is 31.7 Å². The van der Waals surface area contributed by atoms with Gasteiger partial charge in [0, 0.05) is 25.1 Å². The molecule has 2 atom stereocenters. The van der Waals surface area contributed by atoms with Crippen molar-refractivity contribution in [3.63, 3.8) is 0 Å². The van der Waals surface area contributed by atoms with Crippen molar-refractivity contribution < 1.29 is 22.6 Å². The van der Waals surface area contributed by atoms with Gasteiger partial charge in [0.25, 0.3) is 0 Å². The summed E-state index contributed by atoms with van der Waals surface area (Å²) in [4.78, 5) is 4.40. The van der Waals surface area contributed by atoms with E-state index in [-0.39, 0.29) is 17.7 Å². The maximum Gasteiger partial charge on any atom is 0.573 e. The lowest BCUT2D eigenvalue weighted by Crippen LogP contribution is -2.39. The normalized spacial score (nSPS) is 20.3. The van der Waals surface area contributed by atoms with Crippen molar-refractivity contribution in [2.24, 2.45) is 4.99 Å². The Balaban J connectivity index is 1.97. The van der Waals surface area contributed by atoms with Crippen molar-refractivity contribution in [2.75, 3.05) is 26.3 Å². The zero-order valence-electron chi connectivity index (χ0n) is 14.4. The Labute approximate surface area is 145 Å². The fraction of sp³-hybridized carbons (Fsp3) is 0.588. The predicted molar refractivity (Wildman–Crippen MR) is 89.9 cm³/mol. The molecule has 5 nitrogen and oxygen atoms in total. The number of alkyl halides is 3. The lowest BCUT2D eigenvalue weighted by molar-refractivity contribution is -0.274. The lowest BCUT2D eigenvalue weighted by Gasteiger charge is -2.14. The molecule has 0 amide bonds. The Kier molecular flexibility index (Phi) is 6.92. The van der Waals surface area contributed by atoms with Gasteiger partial charge >= 0.3 is 6.36 Å². The van der Waals surface area contributed by atoms with Crippen LogP contribution in [0.5, 0.6) is 5.75 Å². The van der Waals surface area contributed by atoms with Gasteiger partial charge in [-0.25, -0.2) is 0 Å². The highest BCUT2D eigenvalue weighted by molar-refractivity contribution is 5.80. The second kappa shape index (κ2) is 8.94. The SMILES string of the molecule is CCNC(=NCCOCC)NC1CC1c1ccccc1OC(F)(F)F. The van der Waals surface area contributed by atoms with Gasteiger partial charge in [-0.1, -0.05) is 18.2 Å². The topological polar surface area (TPSA) is 54.9 Å². The number of benzene rings is 1. The molecule has 1 aliphatic carbocycles.